The quantitative estimate of drug-likeness (QED) is 0.807. The number of benzene rings is 2. The van der Waals surface area contributed by atoms with Crippen LogP contribution in [0.4, 0.5) is 5.69 Å². The highest BCUT2D eigenvalue weighted by Crippen LogP contribution is 2.30. The van der Waals surface area contributed by atoms with Crippen molar-refractivity contribution in [3.05, 3.63) is 57.6 Å². The van der Waals surface area contributed by atoms with Gasteiger partial charge in [0.1, 0.15) is 5.75 Å². The Bertz CT molecular complexity index is 613. The van der Waals surface area contributed by atoms with Crippen molar-refractivity contribution in [3.63, 3.8) is 0 Å². The standard InChI is InChI=1S/C16H17Cl2NO/c1-10-8-13(20-3)5-7-16(10)19-11(2)14-6-4-12(17)9-15(14)18/h4-9,11,19H,1-3H3. The van der Waals surface area contributed by atoms with Gasteiger partial charge in [0, 0.05) is 15.7 Å². The summed E-state index contributed by atoms with van der Waals surface area (Å²) in [5, 5.41) is 4.77. The molecule has 1 atom stereocenters. The average Bonchev–Trinajstić information content (AvgIpc) is 2.40. The van der Waals surface area contributed by atoms with Gasteiger partial charge in [0.05, 0.1) is 13.2 Å². The van der Waals surface area contributed by atoms with E-state index in [9.17, 15) is 0 Å². The number of ether oxygens (including phenoxy) is 1. The van der Waals surface area contributed by atoms with Crippen molar-refractivity contribution < 1.29 is 4.74 Å². The molecular weight excluding hydrogens is 293 g/mol. The fraction of sp³-hybridized carbons (Fsp3) is 0.250. The van der Waals surface area contributed by atoms with Crippen LogP contribution in [0.3, 0.4) is 0 Å². The van der Waals surface area contributed by atoms with Crippen molar-refractivity contribution in [2.75, 3.05) is 12.4 Å². The van der Waals surface area contributed by atoms with Crippen LogP contribution in [0, 0.1) is 6.92 Å². The van der Waals surface area contributed by atoms with Crippen molar-refractivity contribution in [2.45, 2.75) is 19.9 Å². The fourth-order valence-electron chi connectivity index (χ4n) is 2.09. The molecule has 0 saturated carbocycles. The Morgan fingerprint density at radius 3 is 2.45 bits per heavy atom. The summed E-state index contributed by atoms with van der Waals surface area (Å²) in [5.41, 5.74) is 3.21. The molecule has 0 aliphatic heterocycles. The minimum Gasteiger partial charge on any atom is -0.497 e. The zero-order valence-electron chi connectivity index (χ0n) is 11.7. The summed E-state index contributed by atoms with van der Waals surface area (Å²) in [4.78, 5) is 0. The second-order valence-corrected chi connectivity index (χ2v) is 5.56. The Labute approximate surface area is 129 Å². The summed E-state index contributed by atoms with van der Waals surface area (Å²) in [6.07, 6.45) is 0. The van der Waals surface area contributed by atoms with Crippen molar-refractivity contribution in [1.29, 1.82) is 0 Å². The van der Waals surface area contributed by atoms with Gasteiger partial charge in [-0.15, -0.1) is 0 Å². The number of aryl methyl sites for hydroxylation is 1. The van der Waals surface area contributed by atoms with E-state index in [2.05, 4.69) is 12.2 Å². The number of hydrogen-bond acceptors (Lipinski definition) is 2. The van der Waals surface area contributed by atoms with Crippen LogP contribution in [0.15, 0.2) is 36.4 Å². The van der Waals surface area contributed by atoms with Gasteiger partial charge in [-0.05, 0) is 55.3 Å². The first kappa shape index (κ1) is 15.0. The van der Waals surface area contributed by atoms with Gasteiger partial charge in [-0.2, -0.15) is 0 Å². The van der Waals surface area contributed by atoms with Crippen LogP contribution < -0.4 is 10.1 Å². The number of methoxy groups -OCH3 is 1. The zero-order chi connectivity index (χ0) is 14.7. The normalized spacial score (nSPS) is 12.1. The van der Waals surface area contributed by atoms with E-state index >= 15 is 0 Å². The maximum absolute atomic E-state index is 6.23. The molecule has 0 aliphatic rings. The highest BCUT2D eigenvalue weighted by Gasteiger charge is 2.11. The highest BCUT2D eigenvalue weighted by atomic mass is 35.5. The number of hydrogen-bond donors (Lipinski definition) is 1. The molecule has 4 heteroatoms. The lowest BCUT2D eigenvalue weighted by molar-refractivity contribution is 0.414. The van der Waals surface area contributed by atoms with E-state index in [4.69, 9.17) is 27.9 Å². The maximum Gasteiger partial charge on any atom is 0.119 e. The van der Waals surface area contributed by atoms with Crippen LogP contribution in [-0.4, -0.2) is 7.11 Å². The minimum atomic E-state index is 0.0897. The summed E-state index contributed by atoms with van der Waals surface area (Å²) >= 11 is 12.2. The van der Waals surface area contributed by atoms with Crippen molar-refractivity contribution in [1.82, 2.24) is 0 Å². The van der Waals surface area contributed by atoms with E-state index in [0.29, 0.717) is 10.0 Å². The Hall–Kier alpha value is -1.38. The molecule has 2 rings (SSSR count). The highest BCUT2D eigenvalue weighted by molar-refractivity contribution is 6.35. The van der Waals surface area contributed by atoms with Gasteiger partial charge in [0.15, 0.2) is 0 Å². The molecule has 0 saturated heterocycles. The van der Waals surface area contributed by atoms with Gasteiger partial charge in [0.2, 0.25) is 0 Å². The topological polar surface area (TPSA) is 21.3 Å². The molecule has 0 spiro atoms. The molecule has 0 heterocycles. The minimum absolute atomic E-state index is 0.0897. The summed E-state index contributed by atoms with van der Waals surface area (Å²) in [6.45, 7) is 4.11. The monoisotopic (exact) mass is 309 g/mol. The third-order valence-electron chi connectivity index (χ3n) is 3.23. The summed E-state index contributed by atoms with van der Waals surface area (Å²) < 4.78 is 5.21. The van der Waals surface area contributed by atoms with Crippen LogP contribution in [0.1, 0.15) is 24.1 Å². The van der Waals surface area contributed by atoms with E-state index in [1.807, 2.05) is 37.3 Å². The van der Waals surface area contributed by atoms with Crippen molar-refractivity contribution in [3.8, 4) is 5.75 Å². The van der Waals surface area contributed by atoms with Crippen molar-refractivity contribution in [2.24, 2.45) is 0 Å². The van der Waals surface area contributed by atoms with Gasteiger partial charge in [0.25, 0.3) is 0 Å². The Morgan fingerprint density at radius 2 is 1.85 bits per heavy atom. The molecule has 0 aromatic heterocycles. The number of rotatable bonds is 4. The third kappa shape index (κ3) is 3.38. The lowest BCUT2D eigenvalue weighted by Crippen LogP contribution is -2.08. The second-order valence-electron chi connectivity index (χ2n) is 4.71. The number of anilines is 1. The summed E-state index contributed by atoms with van der Waals surface area (Å²) in [6, 6.07) is 11.6. The van der Waals surface area contributed by atoms with Gasteiger partial charge < -0.3 is 10.1 Å². The zero-order valence-corrected chi connectivity index (χ0v) is 13.2. The molecule has 0 fully saturated rings. The van der Waals surface area contributed by atoms with Crippen LogP contribution in [-0.2, 0) is 0 Å². The van der Waals surface area contributed by atoms with E-state index in [0.717, 1.165) is 22.6 Å². The largest absolute Gasteiger partial charge is 0.497 e. The van der Waals surface area contributed by atoms with Gasteiger partial charge in [-0.1, -0.05) is 29.3 Å². The molecule has 2 aromatic rings. The third-order valence-corrected chi connectivity index (χ3v) is 3.80. The van der Waals surface area contributed by atoms with Crippen LogP contribution >= 0.6 is 23.2 Å². The molecule has 0 aliphatic carbocycles. The number of halogens is 2. The summed E-state index contributed by atoms with van der Waals surface area (Å²) in [5.74, 6) is 0.852. The second kappa shape index (κ2) is 6.38. The van der Waals surface area contributed by atoms with E-state index in [1.54, 1.807) is 13.2 Å². The predicted molar refractivity (Wildman–Crippen MR) is 86.2 cm³/mol. The Morgan fingerprint density at radius 1 is 1.10 bits per heavy atom. The first-order valence-electron chi connectivity index (χ1n) is 6.37. The van der Waals surface area contributed by atoms with Gasteiger partial charge in [-0.3, -0.25) is 0 Å². The number of nitrogens with one attached hydrogen (secondary N) is 1. The predicted octanol–water partition coefficient (Wildman–Crippen LogP) is 5.48. The molecule has 0 radical (unpaired) electrons. The van der Waals surface area contributed by atoms with Crippen LogP contribution in [0.25, 0.3) is 0 Å². The molecular formula is C16H17Cl2NO. The molecule has 0 amide bonds. The first-order chi connectivity index (χ1) is 9.51. The lowest BCUT2D eigenvalue weighted by atomic mass is 10.1. The SMILES string of the molecule is COc1ccc(NC(C)c2ccc(Cl)cc2Cl)c(C)c1. The van der Waals surface area contributed by atoms with Gasteiger partial charge in [-0.25, -0.2) is 0 Å². The van der Waals surface area contributed by atoms with E-state index < -0.39 is 0 Å². The first-order valence-corrected chi connectivity index (χ1v) is 7.13. The summed E-state index contributed by atoms with van der Waals surface area (Å²) in [7, 11) is 1.66. The molecule has 2 aromatic carbocycles. The van der Waals surface area contributed by atoms with E-state index in [-0.39, 0.29) is 6.04 Å². The molecule has 2 nitrogen and oxygen atoms in total. The average molecular weight is 310 g/mol. The molecule has 20 heavy (non-hydrogen) atoms. The fourth-order valence-corrected chi connectivity index (χ4v) is 2.66. The molecule has 1 N–H and O–H groups in total. The van der Waals surface area contributed by atoms with E-state index in [1.165, 1.54) is 0 Å². The molecule has 106 valence electrons. The maximum atomic E-state index is 6.23. The van der Waals surface area contributed by atoms with Crippen LogP contribution in [0.5, 0.6) is 5.75 Å². The smallest absolute Gasteiger partial charge is 0.119 e. The van der Waals surface area contributed by atoms with Crippen molar-refractivity contribution >= 4 is 28.9 Å². The molecule has 1 unspecified atom stereocenters. The Balaban J connectivity index is 2.21. The van der Waals surface area contributed by atoms with Crippen LogP contribution in [0.2, 0.25) is 10.0 Å². The Kier molecular flexibility index (Phi) is 4.79. The van der Waals surface area contributed by atoms with Gasteiger partial charge >= 0.3 is 0 Å². The molecule has 0 bridgehead atoms. The lowest BCUT2D eigenvalue weighted by Gasteiger charge is -2.19.